The maximum atomic E-state index is 13.8. The van der Waals surface area contributed by atoms with E-state index in [1.165, 1.54) is 19.1 Å². The lowest BCUT2D eigenvalue weighted by atomic mass is 9.90. The van der Waals surface area contributed by atoms with E-state index in [-0.39, 0.29) is 55.0 Å². The lowest BCUT2D eigenvalue weighted by molar-refractivity contribution is -0.153. The average Bonchev–Trinajstić information content (AvgIpc) is 2.99. The molecule has 0 aliphatic heterocycles. The van der Waals surface area contributed by atoms with Crippen LogP contribution in [0.25, 0.3) is 0 Å². The number of likely N-dealkylation sites (N-methyl/N-ethyl adjacent to an activating group) is 2. The van der Waals surface area contributed by atoms with Crippen LogP contribution in [0.2, 0.25) is 0 Å². The molecule has 44 heavy (non-hydrogen) atoms. The monoisotopic (exact) mass is 619 g/mol. The number of methoxy groups -OCH3 is 2. The molecule has 250 valence electrons. The van der Waals surface area contributed by atoms with Crippen LogP contribution in [0.4, 0.5) is 0 Å². The first kappa shape index (κ1) is 39.0. The van der Waals surface area contributed by atoms with Crippen LogP contribution in [0.5, 0.6) is 0 Å². The van der Waals surface area contributed by atoms with E-state index in [1.807, 2.05) is 51.1 Å². The number of hydrogen-bond acceptors (Lipinski definition) is 6. The molecule has 3 amide bonds. The van der Waals surface area contributed by atoms with Crippen molar-refractivity contribution in [1.29, 1.82) is 0 Å². The van der Waals surface area contributed by atoms with Gasteiger partial charge in [0.1, 0.15) is 6.04 Å². The third kappa shape index (κ3) is 11.5. The van der Waals surface area contributed by atoms with Crippen molar-refractivity contribution in [3.05, 3.63) is 35.9 Å². The van der Waals surface area contributed by atoms with Crippen molar-refractivity contribution in [3.8, 4) is 0 Å². The molecule has 0 saturated heterocycles. The first-order valence-electron chi connectivity index (χ1n) is 15.9. The predicted octanol–water partition coefficient (Wildman–Crippen LogP) is 4.35. The smallest absolute Gasteiger partial charge is 0.326 e. The highest BCUT2D eigenvalue weighted by Gasteiger charge is 2.37. The van der Waals surface area contributed by atoms with Gasteiger partial charge in [0.15, 0.2) is 0 Å². The molecule has 0 saturated carbocycles. The molecule has 0 radical (unpaired) electrons. The zero-order valence-corrected chi connectivity index (χ0v) is 28.6. The van der Waals surface area contributed by atoms with E-state index in [9.17, 15) is 24.3 Å². The number of carbonyl (C=O) groups is 4. The average molecular weight is 620 g/mol. The molecule has 0 bridgehead atoms. The predicted molar refractivity (Wildman–Crippen MR) is 172 cm³/mol. The number of rotatable bonds is 20. The molecule has 4 unspecified atom stereocenters. The van der Waals surface area contributed by atoms with Gasteiger partial charge in [0.2, 0.25) is 17.7 Å². The van der Waals surface area contributed by atoms with Gasteiger partial charge in [-0.15, -0.1) is 0 Å². The van der Waals surface area contributed by atoms with Crippen LogP contribution < -0.4 is 0 Å². The Bertz CT molecular complexity index is 1030. The Balaban J connectivity index is 3.14. The summed E-state index contributed by atoms with van der Waals surface area (Å²) < 4.78 is 11.6. The number of ether oxygens (including phenoxy) is 2. The van der Waals surface area contributed by atoms with E-state index in [2.05, 4.69) is 13.8 Å². The van der Waals surface area contributed by atoms with Gasteiger partial charge >= 0.3 is 5.97 Å². The van der Waals surface area contributed by atoms with Crippen LogP contribution in [0.3, 0.4) is 0 Å². The van der Waals surface area contributed by atoms with E-state index in [1.54, 1.807) is 30.9 Å². The minimum atomic E-state index is -1.09. The van der Waals surface area contributed by atoms with Crippen molar-refractivity contribution in [2.75, 3.05) is 41.4 Å². The molecule has 0 fully saturated rings. The van der Waals surface area contributed by atoms with E-state index < -0.39 is 30.1 Å². The molecule has 0 spiro atoms. The van der Waals surface area contributed by atoms with Gasteiger partial charge in [0.05, 0.1) is 30.6 Å². The Morgan fingerprint density at radius 1 is 0.841 bits per heavy atom. The van der Waals surface area contributed by atoms with Crippen molar-refractivity contribution in [1.82, 2.24) is 14.7 Å². The van der Waals surface area contributed by atoms with Crippen molar-refractivity contribution in [3.63, 3.8) is 0 Å². The Morgan fingerprint density at radius 2 is 1.43 bits per heavy atom. The number of amides is 3. The first-order valence-corrected chi connectivity index (χ1v) is 15.9. The van der Waals surface area contributed by atoms with Gasteiger partial charge in [-0.2, -0.15) is 0 Å². The summed E-state index contributed by atoms with van der Waals surface area (Å²) in [4.78, 5) is 57.2. The molecule has 0 aliphatic rings. The largest absolute Gasteiger partial charge is 0.480 e. The number of hydrogen-bond donors (Lipinski definition) is 1. The third-order valence-corrected chi connectivity index (χ3v) is 8.58. The number of aliphatic carboxylic acids is 1. The number of carboxylic acid groups (broad SMARTS) is 1. The fraction of sp³-hybridized carbons (Fsp3) is 0.706. The number of carbonyl (C=O) groups excluding carboxylic acids is 3. The first-order chi connectivity index (χ1) is 20.7. The second-order valence-electron chi connectivity index (χ2n) is 12.4. The van der Waals surface area contributed by atoms with Crippen molar-refractivity contribution in [2.24, 2.45) is 17.8 Å². The van der Waals surface area contributed by atoms with E-state index in [0.717, 1.165) is 12.0 Å². The van der Waals surface area contributed by atoms with Gasteiger partial charge < -0.3 is 29.3 Å². The van der Waals surface area contributed by atoms with Crippen molar-refractivity contribution in [2.45, 2.75) is 97.9 Å². The number of benzene rings is 1. The van der Waals surface area contributed by atoms with Crippen LogP contribution >= 0.6 is 0 Å². The molecular formula is C34H57N3O7. The van der Waals surface area contributed by atoms with Gasteiger partial charge in [-0.1, -0.05) is 78.3 Å². The molecule has 0 aliphatic carbocycles. The summed E-state index contributed by atoms with van der Waals surface area (Å²) in [6.07, 6.45) is 1.000. The van der Waals surface area contributed by atoms with Gasteiger partial charge in [-0.05, 0) is 23.8 Å². The Hall–Kier alpha value is -2.98. The lowest BCUT2D eigenvalue weighted by Gasteiger charge is -2.39. The standard InChI is InChI=1S/C34H57N3O7/c1-11-18-37(31(39)21-28(43-9)32(24(5)12-2)36(8)30(38)19-23(3)4)22-29(44-10)25(6)33(40)35(7)27(34(41)42)20-26-16-14-13-15-17-26/h13-17,23-25,27-29,32H,11-12,18-22H2,1-10H3,(H,41,42)/t24?,25?,27-,28?,29+,32?/m1/s1. The van der Waals surface area contributed by atoms with Gasteiger partial charge in [0.25, 0.3) is 0 Å². The van der Waals surface area contributed by atoms with Crippen molar-refractivity contribution < 1.29 is 33.8 Å². The Labute approximate surface area is 265 Å². The molecule has 1 aromatic carbocycles. The van der Waals surface area contributed by atoms with Gasteiger partial charge in [-0.25, -0.2) is 4.79 Å². The number of carboxylic acids is 1. The topological polar surface area (TPSA) is 117 Å². The molecule has 1 rings (SSSR count). The molecule has 6 atom stereocenters. The van der Waals surface area contributed by atoms with Gasteiger partial charge in [-0.3, -0.25) is 14.4 Å². The maximum absolute atomic E-state index is 13.8. The normalized spacial score (nSPS) is 15.5. The maximum Gasteiger partial charge on any atom is 0.326 e. The van der Waals surface area contributed by atoms with Crippen LogP contribution in [-0.2, 0) is 35.1 Å². The highest BCUT2D eigenvalue weighted by atomic mass is 16.5. The summed E-state index contributed by atoms with van der Waals surface area (Å²) in [6.45, 7) is 12.4. The minimum absolute atomic E-state index is 0.0213. The molecular weight excluding hydrogens is 562 g/mol. The van der Waals surface area contributed by atoms with Crippen LogP contribution in [0.15, 0.2) is 30.3 Å². The summed E-state index contributed by atoms with van der Waals surface area (Å²) in [5.41, 5.74) is 0.815. The summed E-state index contributed by atoms with van der Waals surface area (Å²) in [5, 5.41) is 9.93. The van der Waals surface area contributed by atoms with Crippen LogP contribution in [0.1, 0.15) is 72.8 Å². The van der Waals surface area contributed by atoms with E-state index in [0.29, 0.717) is 19.4 Å². The molecule has 1 aromatic rings. The fourth-order valence-electron chi connectivity index (χ4n) is 5.65. The second-order valence-corrected chi connectivity index (χ2v) is 12.4. The summed E-state index contributed by atoms with van der Waals surface area (Å²) in [5.74, 6) is -1.99. The quantitative estimate of drug-likeness (QED) is 0.231. The lowest BCUT2D eigenvalue weighted by Crippen LogP contribution is -2.52. The molecule has 1 N–H and O–H groups in total. The summed E-state index contributed by atoms with van der Waals surface area (Å²) >= 11 is 0. The Kier molecular flexibility index (Phi) is 17.2. The van der Waals surface area contributed by atoms with Crippen LogP contribution in [-0.4, -0.2) is 109 Å². The second kappa shape index (κ2) is 19.4. The van der Waals surface area contributed by atoms with Gasteiger partial charge in [0, 0.05) is 54.2 Å². The van der Waals surface area contributed by atoms with Crippen LogP contribution in [0, 0.1) is 17.8 Å². The molecule has 0 aromatic heterocycles. The highest BCUT2D eigenvalue weighted by molar-refractivity contribution is 5.85. The third-order valence-electron chi connectivity index (χ3n) is 8.58. The summed E-state index contributed by atoms with van der Waals surface area (Å²) in [6, 6.07) is 7.86. The zero-order valence-electron chi connectivity index (χ0n) is 28.6. The molecule has 10 nitrogen and oxygen atoms in total. The SMILES string of the molecule is CCCN(C[C@H](OC)C(C)C(=O)N(C)[C@H](Cc1ccccc1)C(=O)O)C(=O)CC(OC)C(C(C)CC)N(C)C(=O)CC(C)C. The zero-order chi connectivity index (χ0) is 33.6. The fourth-order valence-corrected chi connectivity index (χ4v) is 5.65. The Morgan fingerprint density at radius 3 is 1.91 bits per heavy atom. The van der Waals surface area contributed by atoms with Crippen molar-refractivity contribution >= 4 is 23.7 Å². The highest BCUT2D eigenvalue weighted by Crippen LogP contribution is 2.24. The number of nitrogens with zero attached hydrogens (tertiary/aromatic N) is 3. The van der Waals surface area contributed by atoms with E-state index >= 15 is 0 Å². The van der Waals surface area contributed by atoms with E-state index in [4.69, 9.17) is 9.47 Å². The minimum Gasteiger partial charge on any atom is -0.480 e. The molecule has 0 heterocycles. The summed E-state index contributed by atoms with van der Waals surface area (Å²) in [7, 11) is 6.35. The molecule has 10 heteroatoms.